The number of para-hydroxylation sites is 1. The van der Waals surface area contributed by atoms with E-state index in [1.54, 1.807) is 18.2 Å². The third-order valence-electron chi connectivity index (χ3n) is 4.80. The number of amides is 2. The predicted molar refractivity (Wildman–Crippen MR) is 140 cm³/mol. The van der Waals surface area contributed by atoms with Crippen LogP contribution in [0.4, 0.5) is 11.4 Å². The van der Waals surface area contributed by atoms with Crippen molar-refractivity contribution in [3.63, 3.8) is 0 Å². The Morgan fingerprint density at radius 2 is 1.66 bits per heavy atom. The molecule has 2 aromatic carbocycles. The fourth-order valence-electron chi connectivity index (χ4n) is 3.06. The third-order valence-corrected chi connectivity index (χ3v) is 5.21. The molecular weight excluding hydrogens is 468 g/mol. The van der Waals surface area contributed by atoms with Gasteiger partial charge in [-0.05, 0) is 43.0 Å². The van der Waals surface area contributed by atoms with Crippen LogP contribution in [0.25, 0.3) is 0 Å². The molecule has 0 spiro atoms. The van der Waals surface area contributed by atoms with Crippen LogP contribution in [-0.2, 0) is 20.8 Å². The second-order valence-corrected chi connectivity index (χ2v) is 7.98. The van der Waals surface area contributed by atoms with Gasteiger partial charge in [0.2, 0.25) is 5.91 Å². The minimum absolute atomic E-state index is 0.0624. The van der Waals surface area contributed by atoms with E-state index in [2.05, 4.69) is 15.3 Å². The summed E-state index contributed by atoms with van der Waals surface area (Å²) >= 11 is 5.04. The number of unbranched alkanes of at least 4 members (excludes halogenated alkanes) is 1. The highest BCUT2D eigenvalue weighted by molar-refractivity contribution is 7.83. The highest BCUT2D eigenvalue weighted by atomic mass is 32.1. The van der Waals surface area contributed by atoms with E-state index in [1.165, 1.54) is 0 Å². The van der Waals surface area contributed by atoms with E-state index in [0.717, 1.165) is 23.2 Å². The van der Waals surface area contributed by atoms with E-state index in [-0.39, 0.29) is 24.0 Å². The van der Waals surface area contributed by atoms with Crippen molar-refractivity contribution >= 4 is 57.9 Å². The zero-order valence-electron chi connectivity index (χ0n) is 19.1. The molecule has 2 aromatic rings. The maximum atomic E-state index is 11.7. The van der Waals surface area contributed by atoms with Crippen LogP contribution in [0.15, 0.2) is 58.5 Å². The standard InChI is InChI=1S/C15H22N4O3.C9H6N2OS/c16-15(17)18-10-2-1-3-13(20)19-12-7-4-11(5-8-12)6-9-14(21)22;10-9(12)7-8(13)5-3-1-2-4-6(5)11-7/h4-5,7-8H,1-3,6,9-10H2,(H,19,20)(H,21,22)(H4,16,17,18);1-4H,(H2,10,12). The van der Waals surface area contributed by atoms with E-state index >= 15 is 0 Å². The lowest BCUT2D eigenvalue weighted by Gasteiger charge is -2.06. The molecule has 184 valence electrons. The molecular formula is C24H28N6O4S. The van der Waals surface area contributed by atoms with Crippen LogP contribution >= 0.6 is 12.2 Å². The monoisotopic (exact) mass is 496 g/mol. The molecule has 0 radical (unpaired) electrons. The Labute approximate surface area is 208 Å². The number of anilines is 1. The molecule has 0 aliphatic carbocycles. The Kier molecular flexibility index (Phi) is 10.5. The number of nitrogens with two attached hydrogens (primary N) is 3. The Balaban J connectivity index is 0.000000279. The summed E-state index contributed by atoms with van der Waals surface area (Å²) in [6.45, 7) is 0.522. The number of aliphatic carboxylic acids is 1. The molecule has 1 aliphatic rings. The number of carboxylic acid groups (broad SMARTS) is 1. The summed E-state index contributed by atoms with van der Waals surface area (Å²) < 4.78 is 0. The Bertz CT molecular complexity index is 1140. The Morgan fingerprint density at radius 3 is 2.26 bits per heavy atom. The molecule has 11 heteroatoms. The van der Waals surface area contributed by atoms with Gasteiger partial charge < -0.3 is 27.6 Å². The van der Waals surface area contributed by atoms with E-state index in [4.69, 9.17) is 34.5 Å². The van der Waals surface area contributed by atoms with Crippen molar-refractivity contribution in [2.24, 2.45) is 27.2 Å². The maximum absolute atomic E-state index is 11.7. The number of aryl methyl sites for hydroxylation is 1. The van der Waals surface area contributed by atoms with Crippen LogP contribution < -0.4 is 22.5 Å². The van der Waals surface area contributed by atoms with Crippen molar-refractivity contribution in [3.05, 3.63) is 59.7 Å². The summed E-state index contributed by atoms with van der Waals surface area (Å²) in [4.78, 5) is 41.4. The molecule has 0 saturated carbocycles. The molecule has 8 N–H and O–H groups in total. The minimum atomic E-state index is -0.821. The lowest BCUT2D eigenvalue weighted by molar-refractivity contribution is -0.137. The summed E-state index contributed by atoms with van der Waals surface area (Å²) in [5.41, 5.74) is 18.9. The van der Waals surface area contributed by atoms with Crippen LogP contribution in [0, 0.1) is 0 Å². The number of carboxylic acids is 1. The smallest absolute Gasteiger partial charge is 0.303 e. The lowest BCUT2D eigenvalue weighted by Crippen LogP contribution is -2.27. The number of hydrogen-bond donors (Lipinski definition) is 5. The van der Waals surface area contributed by atoms with E-state index in [1.807, 2.05) is 30.3 Å². The topological polar surface area (TPSA) is 186 Å². The van der Waals surface area contributed by atoms with E-state index in [0.29, 0.717) is 36.4 Å². The Morgan fingerprint density at radius 1 is 0.971 bits per heavy atom. The van der Waals surface area contributed by atoms with Crippen LogP contribution in [0.1, 0.15) is 36.8 Å². The van der Waals surface area contributed by atoms with Gasteiger partial charge in [-0.3, -0.25) is 19.4 Å². The molecule has 0 atom stereocenters. The number of hydrogen-bond acceptors (Lipinski definition) is 6. The number of nitrogens with zero attached hydrogens (tertiary/aromatic N) is 2. The van der Waals surface area contributed by atoms with E-state index in [9.17, 15) is 14.4 Å². The number of aliphatic imine (C=N–C) groups is 2. The summed E-state index contributed by atoms with van der Waals surface area (Å²) in [5, 5.41) is 11.4. The molecule has 0 bridgehead atoms. The first kappa shape index (κ1) is 27.1. The van der Waals surface area contributed by atoms with Crippen molar-refractivity contribution in [2.45, 2.75) is 32.1 Å². The number of thiocarbonyl (C=S) groups is 1. The first-order chi connectivity index (χ1) is 16.7. The molecule has 0 fully saturated rings. The highest BCUT2D eigenvalue weighted by Crippen LogP contribution is 2.26. The number of primary amides is 1. The average Bonchev–Trinajstić information content (AvgIpc) is 3.15. The zero-order chi connectivity index (χ0) is 25.8. The SMILES string of the molecule is NC(=O)C1=Nc2ccccc2C1=S.NC(N)=NCCCCC(=O)Nc1ccc(CCC(=O)O)cc1. The average molecular weight is 497 g/mol. The van der Waals surface area contributed by atoms with Gasteiger partial charge in [0.1, 0.15) is 5.71 Å². The number of nitrogens with one attached hydrogen (secondary N) is 1. The van der Waals surface area contributed by atoms with Crippen LogP contribution in [-0.4, -0.2) is 46.0 Å². The van der Waals surface area contributed by atoms with Crippen molar-refractivity contribution in [1.82, 2.24) is 0 Å². The summed E-state index contributed by atoms with van der Waals surface area (Å²) in [6, 6.07) is 14.5. The van der Waals surface area contributed by atoms with Crippen molar-refractivity contribution in [1.29, 1.82) is 0 Å². The molecule has 0 aromatic heterocycles. The molecule has 10 nitrogen and oxygen atoms in total. The third kappa shape index (κ3) is 9.33. The van der Waals surface area contributed by atoms with Gasteiger partial charge in [0.05, 0.1) is 10.6 Å². The first-order valence-electron chi connectivity index (χ1n) is 10.9. The zero-order valence-corrected chi connectivity index (χ0v) is 19.9. The molecule has 2 amide bonds. The van der Waals surface area contributed by atoms with E-state index < -0.39 is 11.9 Å². The van der Waals surface area contributed by atoms with Gasteiger partial charge in [-0.25, -0.2) is 4.99 Å². The molecule has 0 unspecified atom stereocenters. The van der Waals surface area contributed by atoms with Gasteiger partial charge in [0.15, 0.2) is 5.96 Å². The number of benzene rings is 2. The van der Waals surface area contributed by atoms with Gasteiger partial charge in [0.25, 0.3) is 5.91 Å². The molecule has 3 rings (SSSR count). The number of fused-ring (bicyclic) bond motifs is 1. The quantitative estimate of drug-likeness (QED) is 0.144. The molecule has 0 saturated heterocycles. The van der Waals surface area contributed by atoms with Gasteiger partial charge in [-0.15, -0.1) is 0 Å². The molecule has 1 heterocycles. The van der Waals surface area contributed by atoms with Crippen molar-refractivity contribution in [3.8, 4) is 0 Å². The van der Waals surface area contributed by atoms with Crippen LogP contribution in [0.3, 0.4) is 0 Å². The van der Waals surface area contributed by atoms with Crippen LogP contribution in [0.5, 0.6) is 0 Å². The van der Waals surface area contributed by atoms with Gasteiger partial charge >= 0.3 is 5.97 Å². The second kappa shape index (κ2) is 13.6. The van der Waals surface area contributed by atoms with Crippen LogP contribution in [0.2, 0.25) is 0 Å². The minimum Gasteiger partial charge on any atom is -0.481 e. The van der Waals surface area contributed by atoms with Gasteiger partial charge in [-0.1, -0.05) is 42.5 Å². The normalized spacial score (nSPS) is 11.4. The number of guanidine groups is 1. The van der Waals surface area contributed by atoms with Crippen molar-refractivity contribution < 1.29 is 19.5 Å². The molecule has 35 heavy (non-hydrogen) atoms. The first-order valence-corrected chi connectivity index (χ1v) is 11.3. The summed E-state index contributed by atoms with van der Waals surface area (Å²) in [6.07, 6.45) is 2.44. The Hall–Kier alpha value is -4.12. The number of rotatable bonds is 10. The fraction of sp³-hybridized carbons (Fsp3) is 0.250. The number of carbonyl (C=O) groups excluding carboxylic acids is 2. The summed E-state index contributed by atoms with van der Waals surface area (Å²) in [7, 11) is 0. The summed E-state index contributed by atoms with van der Waals surface area (Å²) in [5.74, 6) is -1.39. The highest BCUT2D eigenvalue weighted by Gasteiger charge is 2.23. The van der Waals surface area contributed by atoms with Crippen molar-refractivity contribution in [2.75, 3.05) is 11.9 Å². The predicted octanol–water partition coefficient (Wildman–Crippen LogP) is 2.06. The molecule has 1 aliphatic heterocycles. The lowest BCUT2D eigenvalue weighted by atomic mass is 10.1. The fourth-order valence-corrected chi connectivity index (χ4v) is 3.38. The maximum Gasteiger partial charge on any atom is 0.303 e. The second-order valence-electron chi connectivity index (χ2n) is 7.57. The largest absolute Gasteiger partial charge is 0.481 e. The van der Waals surface area contributed by atoms with Gasteiger partial charge in [-0.2, -0.15) is 0 Å². The van der Waals surface area contributed by atoms with Gasteiger partial charge in [0, 0.05) is 30.6 Å². The number of carbonyl (C=O) groups is 3.